The Labute approximate surface area is 174 Å². The van der Waals surface area contributed by atoms with Gasteiger partial charge in [-0.15, -0.1) is 0 Å². The molecule has 0 aromatic heterocycles. The van der Waals surface area contributed by atoms with Gasteiger partial charge in [-0.1, -0.05) is 18.2 Å². The smallest absolute Gasteiger partial charge is 0.339 e. The second kappa shape index (κ2) is 9.24. The van der Waals surface area contributed by atoms with Crippen LogP contribution in [0.5, 0.6) is 5.75 Å². The summed E-state index contributed by atoms with van der Waals surface area (Å²) in [6, 6.07) is 11.9. The first-order valence-electron chi connectivity index (χ1n) is 9.27. The van der Waals surface area contributed by atoms with Gasteiger partial charge in [-0.2, -0.15) is 4.31 Å². The summed E-state index contributed by atoms with van der Waals surface area (Å²) in [5, 5.41) is 11.8. The van der Waals surface area contributed by atoms with Gasteiger partial charge in [-0.3, -0.25) is 4.79 Å². The molecule has 1 amide bonds. The fraction of sp³-hybridized carbons (Fsp3) is 0.300. The maximum Gasteiger partial charge on any atom is 0.339 e. The van der Waals surface area contributed by atoms with E-state index in [1.54, 1.807) is 18.2 Å². The Balaban J connectivity index is 1.71. The van der Waals surface area contributed by atoms with Gasteiger partial charge in [0.2, 0.25) is 10.0 Å². The second-order valence-electron chi connectivity index (χ2n) is 6.59. The number of sulfonamides is 1. The third-order valence-electron chi connectivity index (χ3n) is 4.50. The number of ether oxygens (including phenoxy) is 2. The standard InChI is InChI=1S/C20H22N2O7S/c1-14(29-18-8-3-2-7-17(18)20(24)25)19(23)21-15-5-4-6-16(13-15)30(26,27)22-9-11-28-12-10-22/h2-8,13-14H,9-12H2,1H3,(H,21,23)(H,24,25). The normalized spacial score (nSPS) is 15.9. The molecule has 1 atom stereocenters. The third kappa shape index (κ3) is 4.96. The van der Waals surface area contributed by atoms with E-state index in [0.717, 1.165) is 0 Å². The minimum atomic E-state index is -3.70. The SMILES string of the molecule is CC(Oc1ccccc1C(=O)O)C(=O)Nc1cccc(S(=O)(=O)N2CCOCC2)c1. The van der Waals surface area contributed by atoms with Gasteiger partial charge in [0, 0.05) is 18.8 Å². The number of carbonyl (C=O) groups is 2. The van der Waals surface area contributed by atoms with Crippen molar-refractivity contribution < 1.29 is 32.6 Å². The Bertz CT molecular complexity index is 1030. The minimum Gasteiger partial charge on any atom is -0.480 e. The van der Waals surface area contributed by atoms with Crippen LogP contribution in [0, 0.1) is 0 Å². The molecule has 1 saturated heterocycles. The van der Waals surface area contributed by atoms with Gasteiger partial charge in [0.05, 0.1) is 18.1 Å². The zero-order valence-electron chi connectivity index (χ0n) is 16.3. The van der Waals surface area contributed by atoms with E-state index >= 15 is 0 Å². The highest BCUT2D eigenvalue weighted by atomic mass is 32.2. The van der Waals surface area contributed by atoms with Crippen molar-refractivity contribution in [2.24, 2.45) is 0 Å². The Morgan fingerprint density at radius 3 is 2.53 bits per heavy atom. The Morgan fingerprint density at radius 1 is 1.13 bits per heavy atom. The number of morpholine rings is 1. The van der Waals surface area contributed by atoms with Gasteiger partial charge in [0.25, 0.3) is 5.91 Å². The summed E-state index contributed by atoms with van der Waals surface area (Å²) in [5.74, 6) is -1.65. The second-order valence-corrected chi connectivity index (χ2v) is 8.53. The van der Waals surface area contributed by atoms with E-state index in [2.05, 4.69) is 5.32 Å². The van der Waals surface area contributed by atoms with E-state index in [0.29, 0.717) is 13.2 Å². The molecule has 0 radical (unpaired) electrons. The van der Waals surface area contributed by atoms with Crippen LogP contribution in [0.15, 0.2) is 53.4 Å². The number of anilines is 1. The van der Waals surface area contributed by atoms with Gasteiger partial charge in [-0.05, 0) is 37.3 Å². The monoisotopic (exact) mass is 434 g/mol. The van der Waals surface area contributed by atoms with Crippen molar-refractivity contribution in [2.75, 3.05) is 31.6 Å². The average Bonchev–Trinajstić information content (AvgIpc) is 2.74. The Hall–Kier alpha value is -2.95. The fourth-order valence-corrected chi connectivity index (χ4v) is 4.36. The highest BCUT2D eigenvalue weighted by Gasteiger charge is 2.27. The van der Waals surface area contributed by atoms with Crippen LogP contribution in [-0.2, 0) is 19.6 Å². The zero-order valence-corrected chi connectivity index (χ0v) is 17.1. The van der Waals surface area contributed by atoms with E-state index < -0.39 is 28.0 Å². The molecule has 1 fully saturated rings. The van der Waals surface area contributed by atoms with Crippen LogP contribution in [0.1, 0.15) is 17.3 Å². The van der Waals surface area contributed by atoms with Gasteiger partial charge in [0.1, 0.15) is 11.3 Å². The summed E-state index contributed by atoms with van der Waals surface area (Å²) < 4.78 is 37.6. The largest absolute Gasteiger partial charge is 0.480 e. The molecule has 1 aliphatic rings. The number of carbonyl (C=O) groups excluding carboxylic acids is 1. The number of carboxylic acids is 1. The summed E-state index contributed by atoms with van der Waals surface area (Å²) >= 11 is 0. The molecular weight excluding hydrogens is 412 g/mol. The van der Waals surface area contributed by atoms with Crippen molar-refractivity contribution in [3.8, 4) is 5.75 Å². The first-order valence-corrected chi connectivity index (χ1v) is 10.7. The number of nitrogens with one attached hydrogen (secondary N) is 1. The quantitative estimate of drug-likeness (QED) is 0.681. The highest BCUT2D eigenvalue weighted by Crippen LogP contribution is 2.22. The number of para-hydroxylation sites is 1. The van der Waals surface area contributed by atoms with Gasteiger partial charge in [0.15, 0.2) is 6.10 Å². The molecule has 1 unspecified atom stereocenters. The zero-order chi connectivity index (χ0) is 21.7. The van der Waals surface area contributed by atoms with Gasteiger partial charge in [-0.25, -0.2) is 13.2 Å². The van der Waals surface area contributed by atoms with Crippen molar-refractivity contribution in [2.45, 2.75) is 17.9 Å². The number of aromatic carboxylic acids is 1. The summed E-state index contributed by atoms with van der Waals surface area (Å²) in [6.45, 7) is 2.69. The molecule has 3 rings (SSSR count). The lowest BCUT2D eigenvalue weighted by atomic mass is 10.2. The number of hydrogen-bond acceptors (Lipinski definition) is 6. The maximum absolute atomic E-state index is 12.8. The lowest BCUT2D eigenvalue weighted by molar-refractivity contribution is -0.122. The lowest BCUT2D eigenvalue weighted by Crippen LogP contribution is -2.40. The van der Waals surface area contributed by atoms with Crippen LogP contribution >= 0.6 is 0 Å². The first-order chi connectivity index (χ1) is 14.3. The number of hydrogen-bond donors (Lipinski definition) is 2. The number of benzene rings is 2. The molecule has 0 bridgehead atoms. The lowest BCUT2D eigenvalue weighted by Gasteiger charge is -2.26. The van der Waals surface area contributed by atoms with Crippen molar-refractivity contribution in [1.82, 2.24) is 4.31 Å². The molecular formula is C20H22N2O7S. The molecule has 1 heterocycles. The van der Waals surface area contributed by atoms with Crippen molar-refractivity contribution >= 4 is 27.6 Å². The molecule has 160 valence electrons. The minimum absolute atomic E-state index is 0.0595. The van der Waals surface area contributed by atoms with E-state index in [1.165, 1.54) is 41.6 Å². The molecule has 0 spiro atoms. The van der Waals surface area contributed by atoms with Crippen LogP contribution < -0.4 is 10.1 Å². The Morgan fingerprint density at radius 2 is 1.83 bits per heavy atom. The first kappa shape index (κ1) is 21.8. The van der Waals surface area contributed by atoms with Crippen molar-refractivity contribution in [3.05, 3.63) is 54.1 Å². The molecule has 9 nitrogen and oxygen atoms in total. The Kier molecular flexibility index (Phi) is 6.70. The van der Waals surface area contributed by atoms with E-state index in [9.17, 15) is 23.1 Å². The predicted octanol–water partition coefficient (Wildman–Crippen LogP) is 1.81. The number of amides is 1. The van der Waals surface area contributed by atoms with Crippen LogP contribution in [0.3, 0.4) is 0 Å². The molecule has 30 heavy (non-hydrogen) atoms. The fourth-order valence-electron chi connectivity index (χ4n) is 2.90. The summed E-state index contributed by atoms with van der Waals surface area (Å²) in [5.41, 5.74) is 0.229. The van der Waals surface area contributed by atoms with Crippen LogP contribution in [0.4, 0.5) is 5.69 Å². The highest BCUT2D eigenvalue weighted by molar-refractivity contribution is 7.89. The molecule has 0 saturated carbocycles. The number of rotatable bonds is 7. The molecule has 2 aromatic rings. The van der Waals surface area contributed by atoms with Gasteiger partial charge >= 0.3 is 5.97 Å². The molecule has 1 aliphatic heterocycles. The molecule has 10 heteroatoms. The van der Waals surface area contributed by atoms with E-state index in [1.807, 2.05) is 0 Å². The topological polar surface area (TPSA) is 122 Å². The summed E-state index contributed by atoms with van der Waals surface area (Å²) in [7, 11) is -3.70. The number of carboxylic acid groups (broad SMARTS) is 1. The predicted molar refractivity (Wildman–Crippen MR) is 108 cm³/mol. The van der Waals surface area contributed by atoms with E-state index in [-0.39, 0.29) is 35.0 Å². The number of nitrogens with zero attached hydrogens (tertiary/aromatic N) is 1. The van der Waals surface area contributed by atoms with Crippen LogP contribution in [0.25, 0.3) is 0 Å². The van der Waals surface area contributed by atoms with Crippen molar-refractivity contribution in [1.29, 1.82) is 0 Å². The average molecular weight is 434 g/mol. The maximum atomic E-state index is 12.8. The van der Waals surface area contributed by atoms with Crippen LogP contribution in [0.2, 0.25) is 0 Å². The van der Waals surface area contributed by atoms with Crippen molar-refractivity contribution in [3.63, 3.8) is 0 Å². The summed E-state index contributed by atoms with van der Waals surface area (Å²) in [6.07, 6.45) is -1.01. The molecule has 2 aromatic carbocycles. The van der Waals surface area contributed by atoms with E-state index in [4.69, 9.17) is 9.47 Å². The van der Waals surface area contributed by atoms with Gasteiger partial charge < -0.3 is 19.9 Å². The third-order valence-corrected chi connectivity index (χ3v) is 6.39. The summed E-state index contributed by atoms with van der Waals surface area (Å²) in [4.78, 5) is 23.8. The molecule has 0 aliphatic carbocycles. The molecule has 2 N–H and O–H groups in total. The van der Waals surface area contributed by atoms with Crippen LogP contribution in [-0.4, -0.2) is 62.1 Å².